The normalized spacial score (nSPS) is 18.8. The lowest BCUT2D eigenvalue weighted by molar-refractivity contribution is -0.118. The Morgan fingerprint density at radius 3 is 2.65 bits per heavy atom. The second-order valence-corrected chi connectivity index (χ2v) is 3.99. The Morgan fingerprint density at radius 1 is 1.29 bits per heavy atom. The minimum Gasteiger partial charge on any atom is -0.478 e. The number of carbonyl (C=O) groups is 2. The van der Waals surface area contributed by atoms with Crippen molar-refractivity contribution in [2.45, 2.75) is 25.9 Å². The number of hydrogen-bond donors (Lipinski definition) is 0. The number of Topliss-reactive ketones (excluding diaryl/α,β-unsaturated/α-hetero) is 1. The first-order valence-electron chi connectivity index (χ1n) is 5.72. The van der Waals surface area contributed by atoms with Gasteiger partial charge in [-0.3, -0.25) is 9.59 Å². The van der Waals surface area contributed by atoms with Gasteiger partial charge >= 0.3 is 0 Å². The standard InChI is InChI=1S/C14H14O3/c1-2-6-11-9-12(15)14(17-11)13(16)10-7-4-3-5-8-10/h3-5,7-9,14H,2,6H2,1H3. The van der Waals surface area contributed by atoms with Gasteiger partial charge in [0, 0.05) is 18.1 Å². The highest BCUT2D eigenvalue weighted by Gasteiger charge is 2.33. The zero-order valence-electron chi connectivity index (χ0n) is 9.68. The number of hydrogen-bond acceptors (Lipinski definition) is 3. The molecule has 1 heterocycles. The second kappa shape index (κ2) is 4.95. The quantitative estimate of drug-likeness (QED) is 0.589. The molecule has 3 heteroatoms. The smallest absolute Gasteiger partial charge is 0.222 e. The molecule has 88 valence electrons. The summed E-state index contributed by atoms with van der Waals surface area (Å²) in [6, 6.07) is 8.75. The van der Waals surface area contributed by atoms with Gasteiger partial charge in [0.15, 0.2) is 0 Å². The molecule has 0 spiro atoms. The van der Waals surface area contributed by atoms with E-state index in [1.807, 2.05) is 13.0 Å². The lowest BCUT2D eigenvalue weighted by Crippen LogP contribution is -2.27. The molecule has 0 saturated carbocycles. The minimum absolute atomic E-state index is 0.248. The minimum atomic E-state index is -0.973. The summed E-state index contributed by atoms with van der Waals surface area (Å²) in [5, 5.41) is 0. The van der Waals surface area contributed by atoms with Crippen LogP contribution in [0.3, 0.4) is 0 Å². The summed E-state index contributed by atoms with van der Waals surface area (Å²) in [5.41, 5.74) is 0.511. The molecular formula is C14H14O3. The summed E-state index contributed by atoms with van der Waals surface area (Å²) >= 11 is 0. The third kappa shape index (κ3) is 2.44. The zero-order chi connectivity index (χ0) is 12.3. The van der Waals surface area contributed by atoms with E-state index in [-0.39, 0.29) is 11.6 Å². The van der Waals surface area contributed by atoms with E-state index in [0.29, 0.717) is 17.7 Å². The Bertz CT molecular complexity index is 460. The average Bonchev–Trinajstić information content (AvgIpc) is 2.71. The fraction of sp³-hybridized carbons (Fsp3) is 0.286. The van der Waals surface area contributed by atoms with Gasteiger partial charge in [0.1, 0.15) is 5.76 Å². The molecule has 0 saturated heterocycles. The van der Waals surface area contributed by atoms with Crippen LogP contribution in [0.15, 0.2) is 42.2 Å². The predicted octanol–water partition coefficient (Wildman–Crippen LogP) is 2.52. The van der Waals surface area contributed by atoms with Crippen molar-refractivity contribution in [3.05, 3.63) is 47.7 Å². The van der Waals surface area contributed by atoms with Gasteiger partial charge in [-0.1, -0.05) is 37.3 Å². The van der Waals surface area contributed by atoms with Gasteiger partial charge < -0.3 is 4.74 Å². The number of ether oxygens (including phenoxy) is 1. The van der Waals surface area contributed by atoms with Gasteiger partial charge in [-0.05, 0) is 6.42 Å². The van der Waals surface area contributed by atoms with Crippen molar-refractivity contribution in [3.8, 4) is 0 Å². The number of ketones is 2. The van der Waals surface area contributed by atoms with Crippen LogP contribution in [0.2, 0.25) is 0 Å². The van der Waals surface area contributed by atoms with E-state index < -0.39 is 6.10 Å². The van der Waals surface area contributed by atoms with Crippen molar-refractivity contribution in [2.75, 3.05) is 0 Å². The number of allylic oxidation sites excluding steroid dienone is 1. The summed E-state index contributed by atoms with van der Waals surface area (Å²) in [4.78, 5) is 23.7. The first-order valence-corrected chi connectivity index (χ1v) is 5.72. The molecule has 0 aromatic heterocycles. The molecule has 1 unspecified atom stereocenters. The summed E-state index contributed by atoms with van der Waals surface area (Å²) < 4.78 is 5.39. The van der Waals surface area contributed by atoms with E-state index in [9.17, 15) is 9.59 Å². The van der Waals surface area contributed by atoms with Crippen LogP contribution in [0, 0.1) is 0 Å². The van der Waals surface area contributed by atoms with Crippen molar-refractivity contribution in [2.24, 2.45) is 0 Å². The van der Waals surface area contributed by atoms with Gasteiger partial charge in [-0.25, -0.2) is 0 Å². The van der Waals surface area contributed by atoms with Gasteiger partial charge in [-0.2, -0.15) is 0 Å². The van der Waals surface area contributed by atoms with Crippen molar-refractivity contribution in [3.63, 3.8) is 0 Å². The number of carbonyl (C=O) groups excluding carboxylic acids is 2. The SMILES string of the molecule is CCCC1=CC(=O)C(C(=O)c2ccccc2)O1. The highest BCUT2D eigenvalue weighted by atomic mass is 16.5. The van der Waals surface area contributed by atoms with Gasteiger partial charge in [0.2, 0.25) is 17.7 Å². The van der Waals surface area contributed by atoms with Gasteiger partial charge in [-0.15, -0.1) is 0 Å². The van der Waals surface area contributed by atoms with Crippen molar-refractivity contribution < 1.29 is 14.3 Å². The Morgan fingerprint density at radius 2 is 2.00 bits per heavy atom. The first kappa shape index (κ1) is 11.6. The van der Waals surface area contributed by atoms with Crippen LogP contribution in [0.1, 0.15) is 30.1 Å². The average molecular weight is 230 g/mol. The Labute approximate surface area is 100 Å². The van der Waals surface area contributed by atoms with Crippen molar-refractivity contribution >= 4 is 11.6 Å². The van der Waals surface area contributed by atoms with Crippen LogP contribution in [-0.2, 0) is 9.53 Å². The molecule has 0 radical (unpaired) electrons. The van der Waals surface area contributed by atoms with E-state index >= 15 is 0 Å². The monoisotopic (exact) mass is 230 g/mol. The third-order valence-corrected chi connectivity index (χ3v) is 2.62. The van der Waals surface area contributed by atoms with Crippen LogP contribution in [0.4, 0.5) is 0 Å². The van der Waals surface area contributed by atoms with E-state index in [1.54, 1.807) is 24.3 Å². The van der Waals surface area contributed by atoms with E-state index in [4.69, 9.17) is 4.74 Å². The molecule has 1 aliphatic heterocycles. The van der Waals surface area contributed by atoms with Gasteiger partial charge in [0.25, 0.3) is 0 Å². The Balaban J connectivity index is 2.11. The summed E-state index contributed by atoms with van der Waals surface area (Å²) in [7, 11) is 0. The lowest BCUT2D eigenvalue weighted by Gasteiger charge is -2.10. The molecule has 1 atom stereocenters. The molecule has 0 amide bonds. The molecule has 2 rings (SSSR count). The third-order valence-electron chi connectivity index (χ3n) is 2.62. The van der Waals surface area contributed by atoms with Crippen LogP contribution in [-0.4, -0.2) is 17.7 Å². The summed E-state index contributed by atoms with van der Waals surface area (Å²) in [6.07, 6.45) is 2.06. The first-order chi connectivity index (χ1) is 8.22. The maximum atomic E-state index is 12.0. The molecule has 1 aromatic carbocycles. The molecule has 0 aliphatic carbocycles. The molecule has 3 nitrogen and oxygen atoms in total. The van der Waals surface area contributed by atoms with E-state index in [2.05, 4.69) is 0 Å². The van der Waals surface area contributed by atoms with Crippen LogP contribution >= 0.6 is 0 Å². The highest BCUT2D eigenvalue weighted by molar-refractivity contribution is 6.17. The maximum Gasteiger partial charge on any atom is 0.222 e. The second-order valence-electron chi connectivity index (χ2n) is 3.99. The lowest BCUT2D eigenvalue weighted by atomic mass is 10.0. The Hall–Kier alpha value is -1.90. The maximum absolute atomic E-state index is 12.0. The van der Waals surface area contributed by atoms with Gasteiger partial charge in [0.05, 0.1) is 0 Å². The highest BCUT2D eigenvalue weighted by Crippen LogP contribution is 2.21. The van der Waals surface area contributed by atoms with Crippen LogP contribution in [0.25, 0.3) is 0 Å². The molecule has 1 aliphatic rings. The molecule has 1 aromatic rings. The molecule has 17 heavy (non-hydrogen) atoms. The predicted molar refractivity (Wildman–Crippen MR) is 63.6 cm³/mol. The Kier molecular flexibility index (Phi) is 3.38. The summed E-state index contributed by atoms with van der Waals surface area (Å²) in [5.74, 6) is 0.104. The summed E-state index contributed by atoms with van der Waals surface area (Å²) in [6.45, 7) is 2.00. The molecular weight excluding hydrogens is 216 g/mol. The number of rotatable bonds is 4. The van der Waals surface area contributed by atoms with E-state index in [1.165, 1.54) is 6.08 Å². The van der Waals surface area contributed by atoms with Crippen molar-refractivity contribution in [1.29, 1.82) is 0 Å². The largest absolute Gasteiger partial charge is 0.478 e. The fourth-order valence-electron chi connectivity index (χ4n) is 1.79. The van der Waals surface area contributed by atoms with Crippen molar-refractivity contribution in [1.82, 2.24) is 0 Å². The number of benzene rings is 1. The molecule has 0 bridgehead atoms. The topological polar surface area (TPSA) is 43.4 Å². The molecule has 0 fully saturated rings. The fourth-order valence-corrected chi connectivity index (χ4v) is 1.79. The van der Waals surface area contributed by atoms with Crippen LogP contribution < -0.4 is 0 Å². The van der Waals surface area contributed by atoms with Crippen LogP contribution in [0.5, 0.6) is 0 Å². The zero-order valence-corrected chi connectivity index (χ0v) is 9.68. The molecule has 0 N–H and O–H groups in total. The van der Waals surface area contributed by atoms with E-state index in [0.717, 1.165) is 6.42 Å².